The molecule has 0 amide bonds. The lowest BCUT2D eigenvalue weighted by molar-refractivity contribution is 0.221. The quantitative estimate of drug-likeness (QED) is 0.617. The zero-order valence-electron chi connectivity index (χ0n) is 17.7. The van der Waals surface area contributed by atoms with Gasteiger partial charge in [-0.25, -0.2) is 17.5 Å². The molecule has 2 aliphatic rings. The zero-order chi connectivity index (χ0) is 21.8. The molecule has 3 aromatic rings. The smallest absolute Gasteiger partial charge is 0.241 e. The lowest BCUT2D eigenvalue weighted by Crippen LogP contribution is -2.35. The van der Waals surface area contributed by atoms with Crippen molar-refractivity contribution in [3.63, 3.8) is 0 Å². The second-order valence-corrected chi connectivity index (χ2v) is 11.1. The molecule has 0 aliphatic heterocycles. The maximum Gasteiger partial charge on any atom is 0.241 e. The highest BCUT2D eigenvalue weighted by Crippen LogP contribution is 2.43. The number of alkyl halides is 1. The van der Waals surface area contributed by atoms with E-state index in [0.29, 0.717) is 22.6 Å². The number of halogens is 1. The molecule has 1 fully saturated rings. The standard InChI is InChI=1S/C24H26FN3O2S/c1-24(2,25)14-28-31(29,30)23-20-10-17(16-4-3-7-26-12-16)8-18(20)9-19-13-27-22(11-21(19)23)15-5-6-15/h3-4,7,9,11-13,15,17,28H,5-6,8,10,14H2,1-2H3. The van der Waals surface area contributed by atoms with E-state index >= 15 is 0 Å². The van der Waals surface area contributed by atoms with Gasteiger partial charge < -0.3 is 0 Å². The Labute approximate surface area is 182 Å². The summed E-state index contributed by atoms with van der Waals surface area (Å²) in [6, 6.07) is 7.94. The van der Waals surface area contributed by atoms with Gasteiger partial charge in [0.1, 0.15) is 5.67 Å². The van der Waals surface area contributed by atoms with E-state index in [1.807, 2.05) is 24.4 Å². The van der Waals surface area contributed by atoms with Crippen molar-refractivity contribution in [3.8, 4) is 0 Å². The van der Waals surface area contributed by atoms with E-state index in [0.717, 1.165) is 47.0 Å². The first kappa shape index (κ1) is 20.5. The van der Waals surface area contributed by atoms with Gasteiger partial charge in [0.2, 0.25) is 10.0 Å². The Morgan fingerprint density at radius 2 is 1.97 bits per heavy atom. The fraction of sp³-hybridized carbons (Fsp3) is 0.417. The number of aromatic nitrogens is 2. The first-order valence-electron chi connectivity index (χ1n) is 10.7. The Morgan fingerprint density at radius 1 is 1.16 bits per heavy atom. The third-order valence-electron chi connectivity index (χ3n) is 6.21. The van der Waals surface area contributed by atoms with Crippen molar-refractivity contribution >= 4 is 20.8 Å². The lowest BCUT2D eigenvalue weighted by Gasteiger charge is -2.18. The van der Waals surface area contributed by atoms with Crippen LogP contribution in [0.4, 0.5) is 4.39 Å². The molecular formula is C24H26FN3O2S. The van der Waals surface area contributed by atoms with E-state index in [2.05, 4.69) is 20.8 Å². The van der Waals surface area contributed by atoms with Crippen LogP contribution in [0.15, 0.2) is 47.8 Å². The van der Waals surface area contributed by atoms with E-state index < -0.39 is 15.7 Å². The Morgan fingerprint density at radius 3 is 2.65 bits per heavy atom. The molecule has 2 aromatic heterocycles. The Bertz CT molecular complexity index is 1250. The molecule has 1 atom stereocenters. The highest BCUT2D eigenvalue weighted by atomic mass is 32.2. The van der Waals surface area contributed by atoms with Crippen LogP contribution in [0.2, 0.25) is 0 Å². The minimum atomic E-state index is -3.91. The van der Waals surface area contributed by atoms with Crippen molar-refractivity contribution in [2.24, 2.45) is 0 Å². The summed E-state index contributed by atoms with van der Waals surface area (Å²) in [5.41, 5.74) is 2.25. The van der Waals surface area contributed by atoms with E-state index in [1.54, 1.807) is 12.4 Å². The molecule has 2 aliphatic carbocycles. The van der Waals surface area contributed by atoms with Crippen LogP contribution >= 0.6 is 0 Å². The highest BCUT2D eigenvalue weighted by Gasteiger charge is 2.34. The van der Waals surface area contributed by atoms with Crippen LogP contribution in [0.1, 0.15) is 60.9 Å². The molecule has 31 heavy (non-hydrogen) atoms. The topological polar surface area (TPSA) is 72.0 Å². The largest absolute Gasteiger partial charge is 0.264 e. The SMILES string of the molecule is CC(C)(F)CNS(=O)(=O)c1c2c(cc3cnc(C4CC4)cc13)CC(c1cccnc1)C2. The van der Waals surface area contributed by atoms with Gasteiger partial charge in [0.25, 0.3) is 0 Å². The highest BCUT2D eigenvalue weighted by molar-refractivity contribution is 7.89. The van der Waals surface area contributed by atoms with Crippen molar-refractivity contribution in [2.45, 2.75) is 61.9 Å². The first-order chi connectivity index (χ1) is 14.7. The van der Waals surface area contributed by atoms with Crippen molar-refractivity contribution < 1.29 is 12.8 Å². The summed E-state index contributed by atoms with van der Waals surface area (Å²) in [7, 11) is -3.91. The summed E-state index contributed by atoms with van der Waals surface area (Å²) in [6.07, 6.45) is 8.92. The summed E-state index contributed by atoms with van der Waals surface area (Å²) < 4.78 is 43.6. The van der Waals surface area contributed by atoms with Gasteiger partial charge in [-0.1, -0.05) is 6.07 Å². The van der Waals surface area contributed by atoms with Gasteiger partial charge in [-0.15, -0.1) is 0 Å². The number of nitrogens with zero attached hydrogens (tertiary/aromatic N) is 2. The number of fused-ring (bicyclic) bond motifs is 2. The minimum absolute atomic E-state index is 0.169. The lowest BCUT2D eigenvalue weighted by atomic mass is 9.98. The molecule has 162 valence electrons. The van der Waals surface area contributed by atoms with Gasteiger partial charge in [-0.3, -0.25) is 9.97 Å². The van der Waals surface area contributed by atoms with E-state index in [-0.39, 0.29) is 12.5 Å². The second kappa shape index (κ2) is 7.35. The van der Waals surface area contributed by atoms with Gasteiger partial charge in [-0.05, 0) is 80.3 Å². The van der Waals surface area contributed by atoms with Gasteiger partial charge >= 0.3 is 0 Å². The molecule has 0 saturated heterocycles. The third-order valence-corrected chi connectivity index (χ3v) is 7.74. The Balaban J connectivity index is 1.65. The molecule has 7 heteroatoms. The molecule has 1 N–H and O–H groups in total. The molecule has 1 saturated carbocycles. The number of benzene rings is 1. The van der Waals surface area contributed by atoms with Crippen LogP contribution in [-0.2, 0) is 22.9 Å². The van der Waals surface area contributed by atoms with Gasteiger partial charge in [0.15, 0.2) is 0 Å². The first-order valence-corrected chi connectivity index (χ1v) is 12.2. The van der Waals surface area contributed by atoms with Crippen molar-refractivity contribution in [1.82, 2.24) is 14.7 Å². The summed E-state index contributed by atoms with van der Waals surface area (Å²) in [5, 5.41) is 1.50. The van der Waals surface area contributed by atoms with Gasteiger partial charge in [0, 0.05) is 47.5 Å². The maximum absolute atomic E-state index is 14.1. The van der Waals surface area contributed by atoms with Crippen LogP contribution in [-0.4, -0.2) is 30.6 Å². The molecule has 2 heterocycles. The fourth-order valence-corrected chi connectivity index (χ4v) is 6.15. The number of hydrogen-bond acceptors (Lipinski definition) is 4. The van der Waals surface area contributed by atoms with Gasteiger partial charge in [-0.2, -0.15) is 0 Å². The molecule has 1 aromatic carbocycles. The Kier molecular flexibility index (Phi) is 4.86. The molecule has 0 bridgehead atoms. The summed E-state index contributed by atoms with van der Waals surface area (Å²) >= 11 is 0. The fourth-order valence-electron chi connectivity index (χ4n) is 4.47. The second-order valence-electron chi connectivity index (χ2n) is 9.38. The van der Waals surface area contributed by atoms with E-state index in [1.165, 1.54) is 13.8 Å². The van der Waals surface area contributed by atoms with Crippen molar-refractivity contribution in [3.05, 3.63) is 65.2 Å². The molecule has 5 rings (SSSR count). The number of sulfonamides is 1. The van der Waals surface area contributed by atoms with Crippen LogP contribution < -0.4 is 4.72 Å². The van der Waals surface area contributed by atoms with Crippen molar-refractivity contribution in [1.29, 1.82) is 0 Å². The van der Waals surface area contributed by atoms with Crippen molar-refractivity contribution in [2.75, 3.05) is 6.54 Å². The van der Waals surface area contributed by atoms with Crippen LogP contribution in [0.5, 0.6) is 0 Å². The summed E-state index contributed by atoms with van der Waals surface area (Å²) in [6.45, 7) is 2.47. The number of rotatable bonds is 6. The van der Waals surface area contributed by atoms with Gasteiger partial charge in [0.05, 0.1) is 4.90 Å². The maximum atomic E-state index is 14.1. The third kappa shape index (κ3) is 4.08. The zero-order valence-corrected chi connectivity index (χ0v) is 18.5. The summed E-state index contributed by atoms with van der Waals surface area (Å²) in [4.78, 5) is 9.12. The number of hydrogen-bond donors (Lipinski definition) is 1. The van der Waals surface area contributed by atoms with E-state index in [4.69, 9.17) is 0 Å². The molecule has 0 radical (unpaired) electrons. The van der Waals surface area contributed by atoms with E-state index in [9.17, 15) is 12.8 Å². The number of nitrogens with one attached hydrogen (secondary N) is 1. The Hall–Kier alpha value is -2.38. The predicted molar refractivity (Wildman–Crippen MR) is 118 cm³/mol. The minimum Gasteiger partial charge on any atom is -0.264 e. The summed E-state index contributed by atoms with van der Waals surface area (Å²) in [5.74, 6) is 0.581. The average molecular weight is 440 g/mol. The normalized spacial score (nSPS) is 19.0. The molecule has 5 nitrogen and oxygen atoms in total. The predicted octanol–water partition coefficient (Wildman–Crippen LogP) is 4.42. The number of pyridine rings is 2. The molecule has 1 unspecified atom stereocenters. The molecular weight excluding hydrogens is 413 g/mol. The van der Waals surface area contributed by atoms with Crippen LogP contribution in [0, 0.1) is 0 Å². The monoisotopic (exact) mass is 439 g/mol. The van der Waals surface area contributed by atoms with Crippen LogP contribution in [0.3, 0.4) is 0 Å². The average Bonchev–Trinajstić information content (AvgIpc) is 3.49. The van der Waals surface area contributed by atoms with Crippen LogP contribution in [0.25, 0.3) is 10.8 Å². The molecule has 0 spiro atoms.